The van der Waals surface area contributed by atoms with Gasteiger partial charge in [0.2, 0.25) is 0 Å². The van der Waals surface area contributed by atoms with Crippen LogP contribution in [0.5, 0.6) is 0 Å². The Balaban J connectivity index is 2.02. The van der Waals surface area contributed by atoms with Crippen molar-refractivity contribution in [2.75, 3.05) is 5.73 Å². The highest BCUT2D eigenvalue weighted by Gasteiger charge is 2.05. The maximum Gasteiger partial charge on any atom is 0.0495 e. The van der Waals surface area contributed by atoms with E-state index in [-0.39, 0.29) is 0 Å². The molecule has 18 heavy (non-hydrogen) atoms. The van der Waals surface area contributed by atoms with Crippen molar-refractivity contribution in [3.05, 3.63) is 64.8 Å². The maximum atomic E-state index is 5.70. The summed E-state index contributed by atoms with van der Waals surface area (Å²) in [5.74, 6) is 0. The van der Waals surface area contributed by atoms with Gasteiger partial charge in [-0.3, -0.25) is 0 Å². The number of nitrogens with zero attached hydrogens (tertiary/aromatic N) is 1. The number of hydrogen-bond acceptors (Lipinski definition) is 1. The molecule has 0 fully saturated rings. The average Bonchev–Trinajstić information content (AvgIpc) is 2.70. The van der Waals surface area contributed by atoms with E-state index in [4.69, 9.17) is 5.73 Å². The van der Waals surface area contributed by atoms with Crippen molar-refractivity contribution in [3.63, 3.8) is 0 Å². The Morgan fingerprint density at radius 1 is 1.00 bits per heavy atom. The Bertz CT molecular complexity index is 683. The van der Waals surface area contributed by atoms with Gasteiger partial charge in [0, 0.05) is 33.8 Å². The highest BCUT2D eigenvalue weighted by Crippen LogP contribution is 2.26. The summed E-state index contributed by atoms with van der Waals surface area (Å²) in [7, 11) is 0. The summed E-state index contributed by atoms with van der Waals surface area (Å²) in [5.41, 5.74) is 8.99. The molecule has 0 aliphatic carbocycles. The second-order valence-corrected chi connectivity index (χ2v) is 5.22. The van der Waals surface area contributed by atoms with Crippen molar-refractivity contribution in [2.45, 2.75) is 6.54 Å². The van der Waals surface area contributed by atoms with Crippen LogP contribution in [0.4, 0.5) is 5.69 Å². The van der Waals surface area contributed by atoms with E-state index < -0.39 is 0 Å². The lowest BCUT2D eigenvalue weighted by atomic mass is 10.2. The number of benzene rings is 2. The van der Waals surface area contributed by atoms with Gasteiger partial charge in [-0.2, -0.15) is 0 Å². The highest BCUT2D eigenvalue weighted by atomic mass is 79.9. The number of nitrogen functional groups attached to an aromatic ring is 1. The first-order chi connectivity index (χ1) is 8.74. The predicted octanol–water partition coefficient (Wildman–Crippen LogP) is 4.03. The summed E-state index contributed by atoms with van der Waals surface area (Å²) < 4.78 is 3.37. The number of halogens is 1. The molecule has 0 spiro atoms. The Morgan fingerprint density at radius 3 is 2.50 bits per heavy atom. The van der Waals surface area contributed by atoms with Crippen LogP contribution in [0.2, 0.25) is 0 Å². The molecule has 90 valence electrons. The van der Waals surface area contributed by atoms with Gasteiger partial charge in [0.15, 0.2) is 0 Å². The second kappa shape index (κ2) is 4.50. The van der Waals surface area contributed by atoms with Gasteiger partial charge in [0.05, 0.1) is 0 Å². The van der Waals surface area contributed by atoms with Crippen molar-refractivity contribution in [2.24, 2.45) is 0 Å². The number of anilines is 1. The van der Waals surface area contributed by atoms with Crippen molar-refractivity contribution >= 4 is 32.5 Å². The molecule has 2 nitrogen and oxygen atoms in total. The third-order valence-corrected chi connectivity index (χ3v) is 3.70. The molecule has 3 rings (SSSR count). The minimum atomic E-state index is 0.803. The molecule has 2 N–H and O–H groups in total. The quantitative estimate of drug-likeness (QED) is 0.712. The third-order valence-electron chi connectivity index (χ3n) is 3.07. The number of nitrogens with two attached hydrogens (primary N) is 1. The van der Waals surface area contributed by atoms with E-state index in [0.29, 0.717) is 0 Å². The molecule has 2 aromatic carbocycles. The Labute approximate surface area is 114 Å². The number of rotatable bonds is 2. The molecule has 1 heterocycles. The zero-order chi connectivity index (χ0) is 12.5. The first-order valence-corrected chi connectivity index (χ1v) is 6.61. The monoisotopic (exact) mass is 300 g/mol. The first-order valence-electron chi connectivity index (χ1n) is 5.82. The van der Waals surface area contributed by atoms with Gasteiger partial charge >= 0.3 is 0 Å². The molecule has 0 aliphatic heterocycles. The van der Waals surface area contributed by atoms with Gasteiger partial charge in [0.1, 0.15) is 0 Å². The van der Waals surface area contributed by atoms with Gasteiger partial charge < -0.3 is 10.3 Å². The Hall–Kier alpha value is -1.74. The van der Waals surface area contributed by atoms with Crippen LogP contribution in [0.1, 0.15) is 5.56 Å². The van der Waals surface area contributed by atoms with Crippen LogP contribution >= 0.6 is 15.9 Å². The topological polar surface area (TPSA) is 30.9 Å². The molecule has 0 bridgehead atoms. The SMILES string of the molecule is Nc1ccc(Cn2cc(Br)c3ccccc32)cc1. The van der Waals surface area contributed by atoms with Gasteiger partial charge in [-0.05, 0) is 39.7 Å². The van der Waals surface area contributed by atoms with E-state index in [1.807, 2.05) is 12.1 Å². The van der Waals surface area contributed by atoms with Crippen LogP contribution < -0.4 is 5.73 Å². The molecule has 1 aromatic heterocycles. The second-order valence-electron chi connectivity index (χ2n) is 4.36. The van der Waals surface area contributed by atoms with Crippen LogP contribution in [-0.2, 0) is 6.54 Å². The molecular formula is C15H13BrN2. The molecule has 3 heteroatoms. The van der Waals surface area contributed by atoms with Crippen LogP contribution in [0.3, 0.4) is 0 Å². The van der Waals surface area contributed by atoms with Gasteiger partial charge in [-0.25, -0.2) is 0 Å². The summed E-state index contributed by atoms with van der Waals surface area (Å²) in [5, 5.41) is 1.24. The van der Waals surface area contributed by atoms with E-state index in [0.717, 1.165) is 16.7 Å². The van der Waals surface area contributed by atoms with Crippen molar-refractivity contribution in [3.8, 4) is 0 Å². The lowest BCUT2D eigenvalue weighted by Crippen LogP contribution is -1.97. The van der Waals surface area contributed by atoms with E-state index in [9.17, 15) is 0 Å². The van der Waals surface area contributed by atoms with Crippen LogP contribution in [0, 0.1) is 0 Å². The Kier molecular flexibility index (Phi) is 2.84. The molecule has 0 radical (unpaired) electrons. The van der Waals surface area contributed by atoms with Gasteiger partial charge in [-0.1, -0.05) is 30.3 Å². The zero-order valence-corrected chi connectivity index (χ0v) is 11.4. The third kappa shape index (κ3) is 2.02. The minimum absolute atomic E-state index is 0.803. The molecule has 0 saturated carbocycles. The highest BCUT2D eigenvalue weighted by molar-refractivity contribution is 9.10. The standard InChI is InChI=1S/C15H13BrN2/c16-14-10-18(15-4-2-1-3-13(14)15)9-11-5-7-12(17)8-6-11/h1-8,10H,9,17H2. The summed E-state index contributed by atoms with van der Waals surface area (Å²) in [6.07, 6.45) is 2.13. The largest absolute Gasteiger partial charge is 0.399 e. The lowest BCUT2D eigenvalue weighted by Gasteiger charge is -2.05. The van der Waals surface area contributed by atoms with Crippen LogP contribution in [0.15, 0.2) is 59.2 Å². The van der Waals surface area contributed by atoms with Crippen molar-refractivity contribution in [1.82, 2.24) is 4.57 Å². The van der Waals surface area contributed by atoms with Crippen molar-refractivity contribution in [1.29, 1.82) is 0 Å². The number of para-hydroxylation sites is 1. The number of hydrogen-bond donors (Lipinski definition) is 1. The molecule has 0 atom stereocenters. The molecule has 0 saturated heterocycles. The number of fused-ring (bicyclic) bond motifs is 1. The smallest absolute Gasteiger partial charge is 0.0495 e. The molecule has 0 amide bonds. The lowest BCUT2D eigenvalue weighted by molar-refractivity contribution is 0.835. The van der Waals surface area contributed by atoms with Gasteiger partial charge in [0.25, 0.3) is 0 Å². The zero-order valence-electron chi connectivity index (χ0n) is 9.81. The van der Waals surface area contributed by atoms with E-state index >= 15 is 0 Å². The molecular weight excluding hydrogens is 288 g/mol. The normalized spacial score (nSPS) is 10.9. The maximum absolute atomic E-state index is 5.70. The number of aromatic nitrogens is 1. The summed E-state index contributed by atoms with van der Waals surface area (Å²) in [6, 6.07) is 16.4. The van der Waals surface area contributed by atoms with Crippen LogP contribution in [-0.4, -0.2) is 4.57 Å². The van der Waals surface area contributed by atoms with Gasteiger partial charge in [-0.15, -0.1) is 0 Å². The molecule has 0 aliphatic rings. The van der Waals surface area contributed by atoms with Crippen LogP contribution in [0.25, 0.3) is 10.9 Å². The molecule has 3 aromatic rings. The molecule has 0 unspecified atom stereocenters. The fourth-order valence-corrected chi connectivity index (χ4v) is 2.73. The fourth-order valence-electron chi connectivity index (χ4n) is 2.15. The summed E-state index contributed by atoms with van der Waals surface area (Å²) in [4.78, 5) is 0. The van der Waals surface area contributed by atoms with E-state index in [1.165, 1.54) is 16.5 Å². The predicted molar refractivity (Wildman–Crippen MR) is 79.6 cm³/mol. The minimum Gasteiger partial charge on any atom is -0.399 e. The van der Waals surface area contributed by atoms with E-state index in [1.54, 1.807) is 0 Å². The average molecular weight is 301 g/mol. The first kappa shape index (κ1) is 11.4. The van der Waals surface area contributed by atoms with E-state index in [2.05, 4.69) is 63.1 Å². The fraction of sp³-hybridized carbons (Fsp3) is 0.0667. The summed E-state index contributed by atoms with van der Waals surface area (Å²) >= 11 is 3.60. The summed E-state index contributed by atoms with van der Waals surface area (Å²) in [6.45, 7) is 0.854. The Morgan fingerprint density at radius 2 is 1.72 bits per heavy atom. The van der Waals surface area contributed by atoms with Crippen molar-refractivity contribution < 1.29 is 0 Å².